The molecular formula is C11H27N3. The molecule has 0 aliphatic rings. The van der Waals surface area contributed by atoms with Crippen molar-refractivity contribution in [2.24, 2.45) is 11.8 Å². The fraction of sp³-hybridized carbons (Fsp3) is 1.00. The van der Waals surface area contributed by atoms with E-state index in [0.717, 1.165) is 18.9 Å². The Morgan fingerprint density at radius 3 is 2.21 bits per heavy atom. The monoisotopic (exact) mass is 201 g/mol. The van der Waals surface area contributed by atoms with Gasteiger partial charge < -0.3 is 4.90 Å². The van der Waals surface area contributed by atoms with Gasteiger partial charge in [0.1, 0.15) is 0 Å². The van der Waals surface area contributed by atoms with Crippen molar-refractivity contribution < 1.29 is 0 Å². The van der Waals surface area contributed by atoms with Crippen LogP contribution in [0, 0.1) is 5.92 Å². The fourth-order valence-corrected chi connectivity index (χ4v) is 1.50. The van der Waals surface area contributed by atoms with Gasteiger partial charge in [0.15, 0.2) is 0 Å². The average Bonchev–Trinajstić information content (AvgIpc) is 2.10. The van der Waals surface area contributed by atoms with Crippen molar-refractivity contribution >= 4 is 0 Å². The second kappa shape index (κ2) is 8.21. The summed E-state index contributed by atoms with van der Waals surface area (Å²) in [6, 6.07) is 0.483. The molecule has 0 radical (unpaired) electrons. The number of nitrogens with zero attached hydrogens (tertiary/aromatic N) is 1. The van der Waals surface area contributed by atoms with Gasteiger partial charge >= 0.3 is 0 Å². The molecule has 0 spiro atoms. The highest BCUT2D eigenvalue weighted by Gasteiger charge is 2.06. The van der Waals surface area contributed by atoms with Gasteiger partial charge in [0.05, 0.1) is 0 Å². The molecule has 3 nitrogen and oxygen atoms in total. The average molecular weight is 201 g/mol. The summed E-state index contributed by atoms with van der Waals surface area (Å²) >= 11 is 0. The molecule has 3 N–H and O–H groups in total. The van der Waals surface area contributed by atoms with Crippen molar-refractivity contribution in [3.8, 4) is 0 Å². The minimum Gasteiger partial charge on any atom is -0.309 e. The number of hydrogen-bond donors (Lipinski definition) is 2. The van der Waals surface area contributed by atoms with E-state index in [2.05, 4.69) is 38.3 Å². The molecule has 0 heterocycles. The van der Waals surface area contributed by atoms with Crippen molar-refractivity contribution in [3.63, 3.8) is 0 Å². The Morgan fingerprint density at radius 2 is 1.79 bits per heavy atom. The Kier molecular flexibility index (Phi) is 8.14. The van der Waals surface area contributed by atoms with E-state index in [-0.39, 0.29) is 0 Å². The summed E-state index contributed by atoms with van der Waals surface area (Å²) in [5, 5.41) is 0. The Morgan fingerprint density at radius 1 is 1.14 bits per heavy atom. The molecule has 0 aliphatic heterocycles. The van der Waals surface area contributed by atoms with Crippen molar-refractivity contribution in [1.82, 2.24) is 10.3 Å². The first-order chi connectivity index (χ1) is 6.56. The number of nitrogens with two attached hydrogens (primary N) is 1. The molecule has 0 rings (SSSR count). The maximum atomic E-state index is 5.51. The minimum atomic E-state index is 0.483. The summed E-state index contributed by atoms with van der Waals surface area (Å²) in [6.07, 6.45) is 4.92. The van der Waals surface area contributed by atoms with E-state index in [4.69, 9.17) is 5.84 Å². The van der Waals surface area contributed by atoms with E-state index in [1.54, 1.807) is 0 Å². The lowest BCUT2D eigenvalue weighted by Crippen LogP contribution is -2.37. The first-order valence-electron chi connectivity index (χ1n) is 5.67. The highest BCUT2D eigenvalue weighted by Crippen LogP contribution is 2.09. The molecule has 0 saturated carbocycles. The summed E-state index contributed by atoms with van der Waals surface area (Å²) in [5.74, 6) is 6.32. The molecule has 3 heteroatoms. The van der Waals surface area contributed by atoms with Gasteiger partial charge in [0.25, 0.3) is 0 Å². The fourth-order valence-electron chi connectivity index (χ4n) is 1.50. The predicted molar refractivity (Wildman–Crippen MR) is 63.0 cm³/mol. The van der Waals surface area contributed by atoms with Crippen LogP contribution in [0.15, 0.2) is 0 Å². The van der Waals surface area contributed by atoms with Crippen LogP contribution in [0.2, 0.25) is 0 Å². The molecule has 0 aliphatic carbocycles. The van der Waals surface area contributed by atoms with Crippen LogP contribution in [0.3, 0.4) is 0 Å². The molecule has 0 amide bonds. The van der Waals surface area contributed by atoms with Gasteiger partial charge in [0.2, 0.25) is 0 Å². The van der Waals surface area contributed by atoms with Crippen LogP contribution in [-0.4, -0.2) is 31.6 Å². The van der Waals surface area contributed by atoms with Gasteiger partial charge in [-0.1, -0.05) is 26.7 Å². The number of hydrogen-bond acceptors (Lipinski definition) is 3. The zero-order chi connectivity index (χ0) is 11.0. The van der Waals surface area contributed by atoms with Gasteiger partial charge in [-0.2, -0.15) is 0 Å². The van der Waals surface area contributed by atoms with Crippen molar-refractivity contribution in [2.75, 3.05) is 20.6 Å². The third-order valence-corrected chi connectivity index (χ3v) is 2.49. The molecule has 0 aromatic rings. The van der Waals surface area contributed by atoms with Gasteiger partial charge in [-0.3, -0.25) is 11.3 Å². The van der Waals surface area contributed by atoms with Crippen LogP contribution >= 0.6 is 0 Å². The lowest BCUT2D eigenvalue weighted by Gasteiger charge is -2.18. The summed E-state index contributed by atoms with van der Waals surface area (Å²) in [7, 11) is 4.20. The van der Waals surface area contributed by atoms with Crippen LogP contribution in [0.25, 0.3) is 0 Å². The molecule has 0 aromatic heterocycles. The Bertz CT molecular complexity index is 124. The van der Waals surface area contributed by atoms with Crippen LogP contribution in [-0.2, 0) is 0 Å². The molecular weight excluding hydrogens is 174 g/mol. The van der Waals surface area contributed by atoms with E-state index in [9.17, 15) is 0 Å². The zero-order valence-electron chi connectivity index (χ0n) is 10.2. The third kappa shape index (κ3) is 8.48. The smallest absolute Gasteiger partial charge is 0.0222 e. The van der Waals surface area contributed by atoms with Gasteiger partial charge in [-0.15, -0.1) is 0 Å². The Balaban J connectivity index is 3.48. The van der Waals surface area contributed by atoms with E-state index in [1.165, 1.54) is 19.3 Å². The molecule has 0 fully saturated rings. The molecule has 86 valence electrons. The SMILES string of the molecule is CC(C)CCCC(CCN(C)C)NN. The highest BCUT2D eigenvalue weighted by molar-refractivity contribution is 4.65. The summed E-state index contributed by atoms with van der Waals surface area (Å²) < 4.78 is 0. The van der Waals surface area contributed by atoms with Crippen LogP contribution < -0.4 is 11.3 Å². The molecule has 0 aromatic carbocycles. The first-order valence-corrected chi connectivity index (χ1v) is 5.67. The number of rotatable bonds is 8. The predicted octanol–water partition coefficient (Wildman–Crippen LogP) is 1.60. The number of hydrazine groups is 1. The van der Waals surface area contributed by atoms with Crippen molar-refractivity contribution in [1.29, 1.82) is 0 Å². The van der Waals surface area contributed by atoms with E-state index in [0.29, 0.717) is 6.04 Å². The van der Waals surface area contributed by atoms with Crippen LogP contribution in [0.4, 0.5) is 0 Å². The molecule has 0 saturated heterocycles. The van der Waals surface area contributed by atoms with Crippen LogP contribution in [0.1, 0.15) is 39.5 Å². The zero-order valence-corrected chi connectivity index (χ0v) is 10.2. The Labute approximate surface area is 89.0 Å². The van der Waals surface area contributed by atoms with Crippen LogP contribution in [0.5, 0.6) is 0 Å². The summed E-state index contributed by atoms with van der Waals surface area (Å²) in [5.41, 5.74) is 2.90. The second-order valence-electron chi connectivity index (χ2n) is 4.78. The standard InChI is InChI=1S/C11H27N3/c1-10(2)6-5-7-11(13-12)8-9-14(3)4/h10-11,13H,5-9,12H2,1-4H3. The second-order valence-corrected chi connectivity index (χ2v) is 4.78. The van der Waals surface area contributed by atoms with Gasteiger partial charge in [-0.25, -0.2) is 0 Å². The van der Waals surface area contributed by atoms with Gasteiger partial charge in [-0.05, 0) is 39.4 Å². The minimum absolute atomic E-state index is 0.483. The van der Waals surface area contributed by atoms with Crippen molar-refractivity contribution in [2.45, 2.75) is 45.6 Å². The van der Waals surface area contributed by atoms with Gasteiger partial charge in [0, 0.05) is 6.04 Å². The van der Waals surface area contributed by atoms with Crippen molar-refractivity contribution in [3.05, 3.63) is 0 Å². The lowest BCUT2D eigenvalue weighted by atomic mass is 10.0. The molecule has 14 heavy (non-hydrogen) atoms. The topological polar surface area (TPSA) is 41.3 Å². The third-order valence-electron chi connectivity index (χ3n) is 2.49. The maximum absolute atomic E-state index is 5.51. The first kappa shape index (κ1) is 13.9. The normalized spacial score (nSPS) is 13.9. The van der Waals surface area contributed by atoms with E-state index < -0.39 is 0 Å². The molecule has 1 atom stereocenters. The highest BCUT2D eigenvalue weighted by atomic mass is 15.2. The summed E-state index contributed by atoms with van der Waals surface area (Å²) in [6.45, 7) is 5.64. The largest absolute Gasteiger partial charge is 0.309 e. The van der Waals surface area contributed by atoms with E-state index in [1.807, 2.05) is 0 Å². The lowest BCUT2D eigenvalue weighted by molar-refractivity contribution is 0.342. The molecule has 1 unspecified atom stereocenters. The number of nitrogens with one attached hydrogen (secondary N) is 1. The quantitative estimate of drug-likeness (QED) is 0.463. The van der Waals surface area contributed by atoms with E-state index >= 15 is 0 Å². The Hall–Kier alpha value is -0.120. The maximum Gasteiger partial charge on any atom is 0.0222 e. The molecule has 0 bridgehead atoms. The summed E-state index contributed by atoms with van der Waals surface area (Å²) in [4.78, 5) is 2.20.